The molecule has 3 N–H and O–H groups in total. The van der Waals surface area contributed by atoms with E-state index in [9.17, 15) is 0 Å². The van der Waals surface area contributed by atoms with Crippen LogP contribution in [0.5, 0.6) is 0 Å². The van der Waals surface area contributed by atoms with E-state index in [4.69, 9.17) is 22.4 Å². The lowest BCUT2D eigenvalue weighted by Crippen LogP contribution is -2.23. The minimum atomic E-state index is -0.536. The zero-order valence-electron chi connectivity index (χ0n) is 9.07. The highest BCUT2D eigenvalue weighted by Gasteiger charge is 2.06. The molecule has 1 rings (SSSR count). The molecular formula is C11H15ClN4. The maximum Gasteiger partial charge on any atom is 0.126 e. The Morgan fingerprint density at radius 2 is 2.25 bits per heavy atom. The maximum absolute atomic E-state index is 7.08. The first-order valence-electron chi connectivity index (χ1n) is 5.05. The molecule has 16 heavy (non-hydrogen) atoms. The summed E-state index contributed by atoms with van der Waals surface area (Å²) in [5.74, 6) is 0.976. The fourth-order valence-electron chi connectivity index (χ4n) is 1.20. The van der Waals surface area contributed by atoms with Crippen LogP contribution < -0.4 is 5.32 Å². The molecule has 0 aliphatic carbocycles. The van der Waals surface area contributed by atoms with Crippen LogP contribution >= 0.6 is 11.6 Å². The van der Waals surface area contributed by atoms with Crippen LogP contribution in [0.15, 0.2) is 28.4 Å². The van der Waals surface area contributed by atoms with Crippen molar-refractivity contribution in [2.24, 2.45) is 10.9 Å². The zero-order valence-corrected chi connectivity index (χ0v) is 9.83. The van der Waals surface area contributed by atoms with Crippen LogP contribution in [0.2, 0.25) is 0 Å². The number of allylic oxidation sites excluding steroid dienone is 2. The average Bonchev–Trinajstić information content (AvgIpc) is 2.28. The Morgan fingerprint density at radius 1 is 1.56 bits per heavy atom. The normalized spacial score (nSPS) is 25.0. The summed E-state index contributed by atoms with van der Waals surface area (Å²) in [4.78, 5) is 4.17. The highest BCUT2D eigenvalue weighted by molar-refractivity contribution is 6.30. The largest absolute Gasteiger partial charge is 0.331 e. The van der Waals surface area contributed by atoms with Gasteiger partial charge in [-0.05, 0) is 24.5 Å². The van der Waals surface area contributed by atoms with Gasteiger partial charge < -0.3 is 16.1 Å². The van der Waals surface area contributed by atoms with Gasteiger partial charge in [0.15, 0.2) is 0 Å². The van der Waals surface area contributed by atoms with Gasteiger partial charge in [0.25, 0.3) is 0 Å². The second kappa shape index (κ2) is 6.23. The van der Waals surface area contributed by atoms with E-state index in [1.807, 2.05) is 18.2 Å². The highest BCUT2D eigenvalue weighted by Crippen LogP contribution is 2.11. The number of amidine groups is 1. The molecule has 0 aromatic rings. The van der Waals surface area contributed by atoms with Crippen LogP contribution in [0.3, 0.4) is 0 Å². The van der Waals surface area contributed by atoms with Gasteiger partial charge in [0.2, 0.25) is 0 Å². The van der Waals surface area contributed by atoms with Gasteiger partial charge in [0.05, 0.1) is 0 Å². The van der Waals surface area contributed by atoms with E-state index >= 15 is 0 Å². The second-order valence-electron chi connectivity index (χ2n) is 3.59. The van der Waals surface area contributed by atoms with Gasteiger partial charge in [0.1, 0.15) is 17.0 Å². The smallest absolute Gasteiger partial charge is 0.126 e. The van der Waals surface area contributed by atoms with E-state index in [2.05, 4.69) is 17.2 Å². The van der Waals surface area contributed by atoms with E-state index in [1.165, 1.54) is 0 Å². The fraction of sp³-hybridized carbons (Fsp3) is 0.364. The SMILES string of the molecule is CC1C=CC(=NC(C=N)C=N)NC(Cl)=CC1. The van der Waals surface area contributed by atoms with E-state index < -0.39 is 6.04 Å². The van der Waals surface area contributed by atoms with Crippen molar-refractivity contribution in [3.8, 4) is 0 Å². The lowest BCUT2D eigenvalue weighted by Gasteiger charge is -2.12. The predicted octanol–water partition coefficient (Wildman–Crippen LogP) is 2.32. The fourth-order valence-corrected chi connectivity index (χ4v) is 1.38. The Balaban J connectivity index is 2.88. The van der Waals surface area contributed by atoms with Gasteiger partial charge in [0, 0.05) is 12.4 Å². The van der Waals surface area contributed by atoms with Crippen molar-refractivity contribution in [1.82, 2.24) is 5.32 Å². The molecule has 0 bridgehead atoms. The van der Waals surface area contributed by atoms with Crippen LogP contribution in [0.4, 0.5) is 0 Å². The topological polar surface area (TPSA) is 72.1 Å². The second-order valence-corrected chi connectivity index (χ2v) is 3.99. The number of hydrogen-bond donors (Lipinski definition) is 3. The summed E-state index contributed by atoms with van der Waals surface area (Å²) in [5, 5.41) is 17.6. The lowest BCUT2D eigenvalue weighted by atomic mass is 10.1. The molecule has 1 heterocycles. The average molecular weight is 239 g/mol. The van der Waals surface area contributed by atoms with Crippen LogP contribution in [0.25, 0.3) is 0 Å². The number of nitrogens with zero attached hydrogens (tertiary/aromatic N) is 1. The number of hydrogen-bond acceptors (Lipinski definition) is 3. The Bertz CT molecular complexity index is 349. The lowest BCUT2D eigenvalue weighted by molar-refractivity contribution is 0.738. The molecule has 1 aliphatic heterocycles. The summed E-state index contributed by atoms with van der Waals surface area (Å²) in [6.07, 6.45) is 8.85. The third kappa shape index (κ3) is 3.98. The van der Waals surface area contributed by atoms with Crippen molar-refractivity contribution in [1.29, 1.82) is 10.8 Å². The first-order chi connectivity index (χ1) is 7.65. The molecule has 1 atom stereocenters. The van der Waals surface area contributed by atoms with Crippen LogP contribution in [0.1, 0.15) is 13.3 Å². The summed E-state index contributed by atoms with van der Waals surface area (Å²) in [6, 6.07) is -0.536. The maximum atomic E-state index is 7.08. The zero-order chi connectivity index (χ0) is 12.0. The standard InChI is InChI=1S/C11H15ClN4/c1-8-2-4-10(12)16-11(5-3-8)15-9(6-13)7-14/h3-9,13-14H,2H2,1H3,(H,15,16). The monoisotopic (exact) mass is 238 g/mol. The van der Waals surface area contributed by atoms with Gasteiger partial charge >= 0.3 is 0 Å². The highest BCUT2D eigenvalue weighted by atomic mass is 35.5. The van der Waals surface area contributed by atoms with Crippen molar-refractivity contribution < 1.29 is 0 Å². The summed E-state index contributed by atoms with van der Waals surface area (Å²) in [5.41, 5.74) is 0. The molecule has 0 radical (unpaired) electrons. The van der Waals surface area contributed by atoms with E-state index in [-0.39, 0.29) is 0 Å². The molecule has 0 saturated heterocycles. The van der Waals surface area contributed by atoms with Crippen molar-refractivity contribution in [2.45, 2.75) is 19.4 Å². The van der Waals surface area contributed by atoms with Gasteiger partial charge in [-0.2, -0.15) is 0 Å². The number of aliphatic imine (C=N–C) groups is 1. The summed E-state index contributed by atoms with van der Waals surface area (Å²) < 4.78 is 0. The molecule has 1 unspecified atom stereocenters. The van der Waals surface area contributed by atoms with Crippen molar-refractivity contribution >= 4 is 29.9 Å². The summed E-state index contributed by atoms with van der Waals surface area (Å²) in [7, 11) is 0. The number of halogens is 1. The summed E-state index contributed by atoms with van der Waals surface area (Å²) in [6.45, 7) is 2.09. The molecule has 5 heteroatoms. The Morgan fingerprint density at radius 3 is 2.88 bits per heavy atom. The van der Waals surface area contributed by atoms with Crippen LogP contribution in [-0.4, -0.2) is 24.3 Å². The molecule has 0 aromatic carbocycles. The third-order valence-corrected chi connectivity index (χ3v) is 2.38. The molecule has 0 aromatic heterocycles. The van der Waals surface area contributed by atoms with Crippen molar-refractivity contribution in [3.05, 3.63) is 23.4 Å². The molecule has 1 aliphatic rings. The minimum Gasteiger partial charge on any atom is -0.331 e. The first kappa shape index (κ1) is 12.6. The molecule has 0 fully saturated rings. The third-order valence-electron chi connectivity index (χ3n) is 2.13. The molecule has 0 amide bonds. The number of nitrogens with one attached hydrogen (secondary N) is 3. The predicted molar refractivity (Wildman–Crippen MR) is 68.8 cm³/mol. The van der Waals surface area contributed by atoms with Gasteiger partial charge in [-0.1, -0.05) is 24.6 Å². The van der Waals surface area contributed by atoms with E-state index in [1.54, 1.807) is 0 Å². The Hall–Kier alpha value is -1.42. The first-order valence-corrected chi connectivity index (χ1v) is 5.43. The van der Waals surface area contributed by atoms with Gasteiger partial charge in [-0.15, -0.1) is 0 Å². The summed E-state index contributed by atoms with van der Waals surface area (Å²) >= 11 is 5.94. The number of rotatable bonds is 3. The molecule has 86 valence electrons. The minimum absolute atomic E-state index is 0.402. The molecule has 4 nitrogen and oxygen atoms in total. The molecular weight excluding hydrogens is 224 g/mol. The Kier molecular flexibility index (Phi) is 4.92. The van der Waals surface area contributed by atoms with E-state index in [0.717, 1.165) is 18.9 Å². The van der Waals surface area contributed by atoms with Crippen molar-refractivity contribution in [2.75, 3.05) is 0 Å². The van der Waals surface area contributed by atoms with Crippen LogP contribution in [0, 0.1) is 16.7 Å². The van der Waals surface area contributed by atoms with Crippen LogP contribution in [-0.2, 0) is 0 Å². The van der Waals surface area contributed by atoms with E-state index in [0.29, 0.717) is 16.9 Å². The van der Waals surface area contributed by atoms with Gasteiger partial charge in [-0.25, -0.2) is 0 Å². The molecule has 0 spiro atoms. The molecule has 0 saturated carbocycles. The van der Waals surface area contributed by atoms with Gasteiger partial charge in [-0.3, -0.25) is 4.99 Å². The van der Waals surface area contributed by atoms with Crippen molar-refractivity contribution in [3.63, 3.8) is 0 Å². The Labute approximate surface area is 100 Å². The quantitative estimate of drug-likeness (QED) is 0.512.